The SMILES string of the molecule is Cc1ccc2c(c1)CN(CC(=O)NCCCn1cccn1)CC(c1ccsc1)O2. The molecule has 4 rings (SSSR count). The molecule has 1 unspecified atom stereocenters. The van der Waals surface area contributed by atoms with E-state index in [0.29, 0.717) is 26.2 Å². The standard InChI is InChI=1S/C22H26N4O2S/c1-17-4-5-20-19(12-17)13-25(14-21(28-20)18-6-11-29-16-18)15-22(27)23-7-2-9-26-10-3-8-24-26/h3-6,8,10-12,16,21H,2,7,9,13-15H2,1H3,(H,23,27). The second-order valence-electron chi connectivity index (χ2n) is 7.42. The summed E-state index contributed by atoms with van der Waals surface area (Å²) < 4.78 is 8.21. The van der Waals surface area contributed by atoms with Crippen molar-refractivity contribution in [3.8, 4) is 5.75 Å². The highest BCUT2D eigenvalue weighted by molar-refractivity contribution is 7.07. The molecule has 0 aliphatic carbocycles. The van der Waals surface area contributed by atoms with Gasteiger partial charge < -0.3 is 10.1 Å². The van der Waals surface area contributed by atoms with Crippen LogP contribution in [-0.4, -0.2) is 40.2 Å². The van der Waals surface area contributed by atoms with E-state index in [9.17, 15) is 4.79 Å². The fraction of sp³-hybridized carbons (Fsp3) is 0.364. The molecular weight excluding hydrogens is 384 g/mol. The zero-order chi connectivity index (χ0) is 20.1. The number of hydrogen-bond acceptors (Lipinski definition) is 5. The third-order valence-electron chi connectivity index (χ3n) is 5.03. The second kappa shape index (κ2) is 9.24. The van der Waals surface area contributed by atoms with E-state index in [1.54, 1.807) is 17.5 Å². The topological polar surface area (TPSA) is 59.4 Å². The van der Waals surface area contributed by atoms with Gasteiger partial charge in [0.05, 0.1) is 6.54 Å². The number of nitrogens with zero attached hydrogens (tertiary/aromatic N) is 3. The van der Waals surface area contributed by atoms with E-state index in [-0.39, 0.29) is 12.0 Å². The lowest BCUT2D eigenvalue weighted by Gasteiger charge is -2.23. The van der Waals surface area contributed by atoms with Gasteiger partial charge in [-0.05, 0) is 42.3 Å². The fourth-order valence-corrected chi connectivity index (χ4v) is 4.29. The Kier molecular flexibility index (Phi) is 6.27. The molecule has 1 aliphatic rings. The zero-order valence-electron chi connectivity index (χ0n) is 16.6. The number of rotatable bonds is 7. The summed E-state index contributed by atoms with van der Waals surface area (Å²) in [5, 5.41) is 11.4. The summed E-state index contributed by atoms with van der Waals surface area (Å²) in [6.07, 6.45) is 4.49. The van der Waals surface area contributed by atoms with Crippen LogP contribution in [0.15, 0.2) is 53.5 Å². The lowest BCUT2D eigenvalue weighted by molar-refractivity contribution is -0.122. The summed E-state index contributed by atoms with van der Waals surface area (Å²) in [7, 11) is 0. The van der Waals surface area contributed by atoms with Crippen LogP contribution < -0.4 is 10.1 Å². The van der Waals surface area contributed by atoms with Crippen molar-refractivity contribution in [3.05, 3.63) is 70.2 Å². The molecule has 1 N–H and O–H groups in total. The Morgan fingerprint density at radius 2 is 2.31 bits per heavy atom. The molecule has 0 saturated carbocycles. The summed E-state index contributed by atoms with van der Waals surface area (Å²) in [5.74, 6) is 0.958. The van der Waals surface area contributed by atoms with Gasteiger partial charge in [0.15, 0.2) is 0 Å². The van der Waals surface area contributed by atoms with Crippen molar-refractivity contribution in [1.29, 1.82) is 0 Å². The van der Waals surface area contributed by atoms with Gasteiger partial charge in [0.25, 0.3) is 0 Å². The Balaban J connectivity index is 1.38. The summed E-state index contributed by atoms with van der Waals surface area (Å²) in [6, 6.07) is 10.3. The molecule has 29 heavy (non-hydrogen) atoms. The van der Waals surface area contributed by atoms with Gasteiger partial charge in [0, 0.05) is 49.7 Å². The number of aromatic nitrogens is 2. The quantitative estimate of drug-likeness (QED) is 0.607. The predicted molar refractivity (Wildman–Crippen MR) is 114 cm³/mol. The fourth-order valence-electron chi connectivity index (χ4n) is 3.59. The number of amides is 1. The molecule has 2 aromatic heterocycles. The molecule has 7 heteroatoms. The van der Waals surface area contributed by atoms with Crippen LogP contribution in [0.2, 0.25) is 0 Å². The second-order valence-corrected chi connectivity index (χ2v) is 8.20. The summed E-state index contributed by atoms with van der Waals surface area (Å²) in [4.78, 5) is 14.7. The Morgan fingerprint density at radius 3 is 3.10 bits per heavy atom. The maximum atomic E-state index is 12.5. The number of hydrogen-bond donors (Lipinski definition) is 1. The van der Waals surface area contributed by atoms with Crippen LogP contribution in [0.25, 0.3) is 0 Å². The molecule has 152 valence electrons. The molecule has 3 heterocycles. The largest absolute Gasteiger partial charge is 0.484 e. The minimum absolute atomic E-state index is 0.0469. The number of carbonyl (C=O) groups excluding carboxylic acids is 1. The zero-order valence-corrected chi connectivity index (χ0v) is 17.4. The van der Waals surface area contributed by atoms with E-state index in [2.05, 4.69) is 51.2 Å². The molecular formula is C22H26N4O2S. The molecule has 1 atom stereocenters. The van der Waals surface area contributed by atoms with Crippen LogP contribution in [0.3, 0.4) is 0 Å². The van der Waals surface area contributed by atoms with Crippen LogP contribution in [0, 0.1) is 6.92 Å². The van der Waals surface area contributed by atoms with Gasteiger partial charge in [-0.3, -0.25) is 14.4 Å². The van der Waals surface area contributed by atoms with E-state index in [1.165, 1.54) is 5.56 Å². The predicted octanol–water partition coefficient (Wildman–Crippen LogP) is 3.40. The average Bonchev–Trinajstić information content (AvgIpc) is 3.38. The Morgan fingerprint density at radius 1 is 1.38 bits per heavy atom. The summed E-state index contributed by atoms with van der Waals surface area (Å²) in [5.41, 5.74) is 3.49. The monoisotopic (exact) mass is 410 g/mol. The molecule has 0 saturated heterocycles. The van der Waals surface area contributed by atoms with Crippen molar-refractivity contribution in [2.45, 2.75) is 32.5 Å². The van der Waals surface area contributed by atoms with Gasteiger partial charge in [-0.15, -0.1) is 0 Å². The van der Waals surface area contributed by atoms with Gasteiger partial charge in [0.2, 0.25) is 5.91 Å². The first kappa shape index (κ1) is 19.7. The molecule has 6 nitrogen and oxygen atoms in total. The lowest BCUT2D eigenvalue weighted by Crippen LogP contribution is -2.39. The minimum atomic E-state index is -0.0715. The number of ether oxygens (including phenoxy) is 1. The van der Waals surface area contributed by atoms with E-state index in [0.717, 1.165) is 29.8 Å². The maximum Gasteiger partial charge on any atom is 0.234 e. The smallest absolute Gasteiger partial charge is 0.234 e. The number of aryl methyl sites for hydroxylation is 2. The molecule has 1 amide bonds. The number of fused-ring (bicyclic) bond motifs is 1. The molecule has 1 aliphatic heterocycles. The van der Waals surface area contributed by atoms with E-state index in [4.69, 9.17) is 4.74 Å². The van der Waals surface area contributed by atoms with Gasteiger partial charge >= 0.3 is 0 Å². The van der Waals surface area contributed by atoms with Gasteiger partial charge in [-0.1, -0.05) is 17.7 Å². The lowest BCUT2D eigenvalue weighted by atomic mass is 10.1. The van der Waals surface area contributed by atoms with Crippen molar-refractivity contribution >= 4 is 17.2 Å². The van der Waals surface area contributed by atoms with Crippen molar-refractivity contribution in [2.75, 3.05) is 19.6 Å². The Labute approximate surface area is 175 Å². The van der Waals surface area contributed by atoms with Crippen molar-refractivity contribution in [1.82, 2.24) is 20.0 Å². The highest BCUT2D eigenvalue weighted by Gasteiger charge is 2.25. The third-order valence-corrected chi connectivity index (χ3v) is 5.73. The van der Waals surface area contributed by atoms with Crippen LogP contribution in [0.5, 0.6) is 5.75 Å². The van der Waals surface area contributed by atoms with E-state index >= 15 is 0 Å². The molecule has 0 radical (unpaired) electrons. The average molecular weight is 411 g/mol. The highest BCUT2D eigenvalue weighted by atomic mass is 32.1. The van der Waals surface area contributed by atoms with Crippen molar-refractivity contribution in [2.24, 2.45) is 0 Å². The number of benzene rings is 1. The molecule has 0 bridgehead atoms. The number of carbonyl (C=O) groups is 1. The number of thiophene rings is 1. The van der Waals surface area contributed by atoms with E-state index < -0.39 is 0 Å². The Hall–Kier alpha value is -2.64. The molecule has 0 fully saturated rings. The van der Waals surface area contributed by atoms with Crippen molar-refractivity contribution in [3.63, 3.8) is 0 Å². The molecule has 3 aromatic rings. The highest BCUT2D eigenvalue weighted by Crippen LogP contribution is 2.32. The van der Waals surface area contributed by atoms with Crippen LogP contribution in [0.1, 0.15) is 29.2 Å². The summed E-state index contributed by atoms with van der Waals surface area (Å²) in [6.45, 7) is 5.28. The van der Waals surface area contributed by atoms with Gasteiger partial charge in [-0.25, -0.2) is 0 Å². The van der Waals surface area contributed by atoms with E-state index in [1.807, 2.05) is 23.0 Å². The summed E-state index contributed by atoms with van der Waals surface area (Å²) >= 11 is 1.67. The first-order chi connectivity index (χ1) is 14.2. The normalized spacial score (nSPS) is 16.7. The number of nitrogens with one attached hydrogen (secondary N) is 1. The minimum Gasteiger partial charge on any atom is -0.484 e. The molecule has 0 spiro atoms. The first-order valence-electron chi connectivity index (χ1n) is 9.92. The van der Waals surface area contributed by atoms with Crippen LogP contribution >= 0.6 is 11.3 Å². The van der Waals surface area contributed by atoms with Crippen molar-refractivity contribution < 1.29 is 9.53 Å². The van der Waals surface area contributed by atoms with Gasteiger partial charge in [0.1, 0.15) is 11.9 Å². The maximum absolute atomic E-state index is 12.5. The van der Waals surface area contributed by atoms with Gasteiger partial charge in [-0.2, -0.15) is 16.4 Å². The first-order valence-corrected chi connectivity index (χ1v) is 10.9. The third kappa shape index (κ3) is 5.25. The van der Waals surface area contributed by atoms with Crippen LogP contribution in [-0.2, 0) is 17.9 Å². The van der Waals surface area contributed by atoms with Crippen LogP contribution in [0.4, 0.5) is 0 Å². The molecule has 1 aromatic carbocycles. The Bertz CT molecular complexity index is 924.